The van der Waals surface area contributed by atoms with Crippen LogP contribution in [0.1, 0.15) is 19.3 Å². The van der Waals surface area contributed by atoms with Crippen molar-refractivity contribution in [3.8, 4) is 11.8 Å². The molecule has 20 heavy (non-hydrogen) atoms. The molecule has 1 aliphatic heterocycles. The highest BCUT2D eigenvalue weighted by Gasteiger charge is 2.25. The van der Waals surface area contributed by atoms with E-state index in [1.165, 1.54) is 0 Å². The molecule has 5 heteroatoms. The molecular weight excluding hydrogens is 254 g/mol. The molecule has 0 spiro atoms. The second-order valence-corrected chi connectivity index (χ2v) is 5.08. The molecule has 0 bridgehead atoms. The molecule has 2 rings (SSSR count). The van der Waals surface area contributed by atoms with Crippen molar-refractivity contribution in [2.24, 2.45) is 5.92 Å². The van der Waals surface area contributed by atoms with E-state index >= 15 is 0 Å². The average molecular weight is 273 g/mol. The second kappa shape index (κ2) is 6.92. The van der Waals surface area contributed by atoms with Gasteiger partial charge in [-0.2, -0.15) is 5.26 Å². The summed E-state index contributed by atoms with van der Waals surface area (Å²) < 4.78 is 0. The normalized spacial score (nSPS) is 19.2. The first-order valence-corrected chi connectivity index (χ1v) is 6.88. The van der Waals surface area contributed by atoms with Crippen LogP contribution in [-0.4, -0.2) is 35.5 Å². The van der Waals surface area contributed by atoms with Crippen LogP contribution in [0.2, 0.25) is 0 Å². The van der Waals surface area contributed by atoms with E-state index in [0.29, 0.717) is 18.7 Å². The summed E-state index contributed by atoms with van der Waals surface area (Å²) in [6.45, 7) is 2.41. The number of carbonyl (C=O) groups excluding carboxylic acids is 1. The van der Waals surface area contributed by atoms with Gasteiger partial charge in [0.25, 0.3) is 0 Å². The zero-order valence-corrected chi connectivity index (χ0v) is 11.4. The Bertz CT molecular complexity index is 493. The summed E-state index contributed by atoms with van der Waals surface area (Å²) in [5.41, 5.74) is 0.696. The van der Waals surface area contributed by atoms with Crippen molar-refractivity contribution >= 4 is 11.6 Å². The minimum absolute atomic E-state index is 0.0114. The number of benzene rings is 1. The Morgan fingerprint density at radius 1 is 1.45 bits per heavy atom. The lowest BCUT2D eigenvalue weighted by molar-refractivity contribution is -0.121. The van der Waals surface area contributed by atoms with E-state index in [1.807, 2.05) is 0 Å². The number of nitrogens with zero attached hydrogens (tertiary/aromatic N) is 2. The van der Waals surface area contributed by atoms with Crippen LogP contribution in [0.4, 0.5) is 5.69 Å². The molecule has 1 saturated heterocycles. The van der Waals surface area contributed by atoms with Gasteiger partial charge in [0.2, 0.25) is 5.91 Å². The van der Waals surface area contributed by atoms with Gasteiger partial charge < -0.3 is 15.3 Å². The van der Waals surface area contributed by atoms with Crippen molar-refractivity contribution in [1.29, 1.82) is 5.26 Å². The van der Waals surface area contributed by atoms with Crippen molar-refractivity contribution in [2.75, 3.05) is 25.0 Å². The van der Waals surface area contributed by atoms with Crippen molar-refractivity contribution in [3.63, 3.8) is 0 Å². The number of likely N-dealkylation sites (tertiary alicyclic amines) is 1. The number of hydrogen-bond donors (Lipinski definition) is 2. The van der Waals surface area contributed by atoms with E-state index in [4.69, 9.17) is 5.26 Å². The fourth-order valence-corrected chi connectivity index (χ4v) is 2.47. The molecule has 0 saturated carbocycles. The van der Waals surface area contributed by atoms with Crippen LogP contribution in [0, 0.1) is 17.2 Å². The van der Waals surface area contributed by atoms with E-state index in [9.17, 15) is 9.90 Å². The van der Waals surface area contributed by atoms with Crippen LogP contribution in [0.3, 0.4) is 0 Å². The van der Waals surface area contributed by atoms with E-state index in [2.05, 4.69) is 16.3 Å². The van der Waals surface area contributed by atoms with Gasteiger partial charge in [0, 0.05) is 25.2 Å². The molecule has 1 heterocycles. The van der Waals surface area contributed by atoms with E-state index in [0.717, 1.165) is 25.9 Å². The summed E-state index contributed by atoms with van der Waals surface area (Å²) in [4.78, 5) is 14.4. The number of rotatable bonds is 4. The van der Waals surface area contributed by atoms with Crippen LogP contribution in [-0.2, 0) is 4.79 Å². The lowest BCUT2D eigenvalue weighted by Gasteiger charge is -2.31. The summed E-state index contributed by atoms with van der Waals surface area (Å²) in [5.74, 6) is 0.164. The maximum Gasteiger partial charge on any atom is 0.228 e. The lowest BCUT2D eigenvalue weighted by Crippen LogP contribution is -2.41. The second-order valence-electron chi connectivity index (χ2n) is 5.08. The summed E-state index contributed by atoms with van der Waals surface area (Å²) in [7, 11) is 0. The molecule has 1 aliphatic rings. The fourth-order valence-electron chi connectivity index (χ4n) is 2.47. The lowest BCUT2D eigenvalue weighted by atomic mass is 9.97. The topological polar surface area (TPSA) is 76.4 Å². The third kappa shape index (κ3) is 3.97. The number of hydrogen-bond acceptors (Lipinski definition) is 4. The number of nitriles is 1. The Labute approximate surface area is 118 Å². The van der Waals surface area contributed by atoms with Gasteiger partial charge in [-0.3, -0.25) is 4.79 Å². The first kappa shape index (κ1) is 14.4. The summed E-state index contributed by atoms with van der Waals surface area (Å²) >= 11 is 0. The molecule has 1 unspecified atom stereocenters. The highest BCUT2D eigenvalue weighted by Crippen LogP contribution is 2.20. The summed E-state index contributed by atoms with van der Waals surface area (Å²) in [6.07, 6.45) is 2.37. The van der Waals surface area contributed by atoms with Crippen molar-refractivity contribution in [2.45, 2.75) is 19.3 Å². The van der Waals surface area contributed by atoms with E-state index in [1.54, 1.807) is 24.3 Å². The third-order valence-electron chi connectivity index (χ3n) is 3.55. The van der Waals surface area contributed by atoms with Crippen molar-refractivity contribution < 1.29 is 9.90 Å². The standard InChI is InChI=1S/C15H19N3O2/c16-8-2-10-18-9-1-3-12(11-18)15(20)17-13-4-6-14(19)7-5-13/h4-7,12,19H,1-3,9-11H2,(H,17,20). The minimum atomic E-state index is -0.0313. The number of carbonyl (C=O) groups is 1. The number of aromatic hydroxyl groups is 1. The van der Waals surface area contributed by atoms with Gasteiger partial charge in [-0.1, -0.05) is 0 Å². The van der Waals surface area contributed by atoms with Gasteiger partial charge in [-0.05, 0) is 43.7 Å². The monoisotopic (exact) mass is 273 g/mol. The van der Waals surface area contributed by atoms with E-state index < -0.39 is 0 Å². The minimum Gasteiger partial charge on any atom is -0.508 e. The third-order valence-corrected chi connectivity index (χ3v) is 3.55. The van der Waals surface area contributed by atoms with Gasteiger partial charge in [-0.25, -0.2) is 0 Å². The molecule has 0 aliphatic carbocycles. The number of anilines is 1. The molecule has 1 aromatic rings. The van der Waals surface area contributed by atoms with Gasteiger partial charge in [-0.15, -0.1) is 0 Å². The van der Waals surface area contributed by atoms with Gasteiger partial charge in [0.05, 0.1) is 12.0 Å². The quantitative estimate of drug-likeness (QED) is 0.822. The van der Waals surface area contributed by atoms with Gasteiger partial charge >= 0.3 is 0 Å². The molecule has 0 radical (unpaired) electrons. The van der Waals surface area contributed by atoms with Crippen molar-refractivity contribution in [1.82, 2.24) is 4.90 Å². The van der Waals surface area contributed by atoms with Gasteiger partial charge in [0.15, 0.2) is 0 Å². The number of phenols is 1. The van der Waals surface area contributed by atoms with E-state index in [-0.39, 0.29) is 17.6 Å². The molecule has 1 fully saturated rings. The first-order valence-electron chi connectivity index (χ1n) is 6.88. The van der Waals surface area contributed by atoms with Crippen LogP contribution in [0.5, 0.6) is 5.75 Å². The molecule has 2 N–H and O–H groups in total. The predicted octanol–water partition coefficient (Wildman–Crippen LogP) is 1.96. The largest absolute Gasteiger partial charge is 0.508 e. The Hall–Kier alpha value is -2.06. The summed E-state index contributed by atoms with van der Waals surface area (Å²) in [6, 6.07) is 8.61. The predicted molar refractivity (Wildman–Crippen MR) is 76.1 cm³/mol. The smallest absolute Gasteiger partial charge is 0.228 e. The SMILES string of the molecule is N#CCCN1CCCC(C(=O)Nc2ccc(O)cc2)C1. The Morgan fingerprint density at radius 2 is 2.20 bits per heavy atom. The Kier molecular flexibility index (Phi) is 4.97. The maximum atomic E-state index is 12.2. The highest BCUT2D eigenvalue weighted by atomic mass is 16.3. The average Bonchev–Trinajstić information content (AvgIpc) is 2.48. The molecular formula is C15H19N3O2. The summed E-state index contributed by atoms with van der Waals surface area (Å²) in [5, 5.41) is 20.7. The Balaban J connectivity index is 1.88. The fraction of sp³-hybridized carbons (Fsp3) is 0.467. The molecule has 106 valence electrons. The number of phenolic OH excluding ortho intramolecular Hbond substituents is 1. The first-order chi connectivity index (χ1) is 9.69. The Morgan fingerprint density at radius 3 is 2.90 bits per heavy atom. The molecule has 1 amide bonds. The number of amides is 1. The number of piperidine rings is 1. The van der Waals surface area contributed by atoms with Crippen molar-refractivity contribution in [3.05, 3.63) is 24.3 Å². The zero-order chi connectivity index (χ0) is 14.4. The maximum absolute atomic E-state index is 12.2. The van der Waals surface area contributed by atoms with Crippen LogP contribution in [0.25, 0.3) is 0 Å². The van der Waals surface area contributed by atoms with Crippen LogP contribution < -0.4 is 5.32 Å². The molecule has 0 aromatic heterocycles. The van der Waals surface area contributed by atoms with Gasteiger partial charge in [0.1, 0.15) is 5.75 Å². The molecule has 1 atom stereocenters. The molecule has 5 nitrogen and oxygen atoms in total. The molecule has 1 aromatic carbocycles. The zero-order valence-electron chi connectivity index (χ0n) is 11.4. The number of nitrogens with one attached hydrogen (secondary N) is 1. The van der Waals surface area contributed by atoms with Crippen LogP contribution >= 0.6 is 0 Å². The van der Waals surface area contributed by atoms with Crippen LogP contribution in [0.15, 0.2) is 24.3 Å². The highest BCUT2D eigenvalue weighted by molar-refractivity contribution is 5.92.